The van der Waals surface area contributed by atoms with Gasteiger partial charge in [0.2, 0.25) is 11.0 Å². The summed E-state index contributed by atoms with van der Waals surface area (Å²) in [4.78, 5) is 16.5. The first-order valence-electron chi connectivity index (χ1n) is 7.86. The van der Waals surface area contributed by atoms with E-state index >= 15 is 0 Å². The van der Waals surface area contributed by atoms with Crippen LogP contribution in [-0.2, 0) is 11.3 Å². The van der Waals surface area contributed by atoms with Crippen LogP contribution >= 0.6 is 11.3 Å². The molecule has 3 rings (SSSR count). The Morgan fingerprint density at radius 1 is 1.29 bits per heavy atom. The van der Waals surface area contributed by atoms with Crippen molar-refractivity contribution in [1.29, 1.82) is 0 Å². The molecule has 1 aliphatic rings. The summed E-state index contributed by atoms with van der Waals surface area (Å²) in [6, 6.07) is 8.16. The van der Waals surface area contributed by atoms with Crippen LogP contribution in [0.25, 0.3) is 0 Å². The van der Waals surface area contributed by atoms with Crippen LogP contribution in [0.3, 0.4) is 0 Å². The van der Waals surface area contributed by atoms with E-state index < -0.39 is 0 Å². The van der Waals surface area contributed by atoms with Gasteiger partial charge in [0.25, 0.3) is 0 Å². The minimum Gasteiger partial charge on any atom is -0.497 e. The number of carbonyl (C=O) groups is 1. The highest BCUT2D eigenvalue weighted by atomic mass is 32.1. The molecule has 2 heterocycles. The minimum absolute atomic E-state index is 0.0343. The molecule has 1 aliphatic heterocycles. The van der Waals surface area contributed by atoms with Crippen LogP contribution in [0.1, 0.15) is 5.56 Å². The van der Waals surface area contributed by atoms with Gasteiger partial charge in [0, 0.05) is 32.7 Å². The number of hydrogen-bond acceptors (Lipinski definition) is 7. The zero-order chi connectivity index (χ0) is 16.8. The standard InChI is InChI=1S/C16H21N5O2S/c1-23-14-4-2-3-13(9-14)10-20-5-7-21(8-6-20)11-15(22)18-16-19-17-12-24-16/h2-4,9,12H,5-8,10-11H2,1H3,(H,18,19,22). The van der Waals surface area contributed by atoms with Gasteiger partial charge in [-0.05, 0) is 17.7 Å². The molecule has 1 amide bonds. The zero-order valence-corrected chi connectivity index (χ0v) is 14.5. The van der Waals surface area contributed by atoms with E-state index in [1.807, 2.05) is 12.1 Å². The van der Waals surface area contributed by atoms with E-state index in [0.717, 1.165) is 38.5 Å². The monoisotopic (exact) mass is 347 g/mol. The Morgan fingerprint density at radius 3 is 2.79 bits per heavy atom. The summed E-state index contributed by atoms with van der Waals surface area (Å²) in [5.74, 6) is 0.854. The van der Waals surface area contributed by atoms with Crippen LogP contribution in [0.5, 0.6) is 5.75 Å². The van der Waals surface area contributed by atoms with E-state index in [9.17, 15) is 4.79 Å². The Bertz CT molecular complexity index is 656. The number of anilines is 1. The van der Waals surface area contributed by atoms with Gasteiger partial charge in [-0.25, -0.2) is 0 Å². The van der Waals surface area contributed by atoms with E-state index in [4.69, 9.17) is 4.74 Å². The summed E-state index contributed by atoms with van der Waals surface area (Å²) >= 11 is 1.33. The van der Waals surface area contributed by atoms with Crippen molar-refractivity contribution in [2.45, 2.75) is 6.54 Å². The molecule has 0 unspecified atom stereocenters. The number of rotatable bonds is 6. The predicted octanol–water partition coefficient (Wildman–Crippen LogP) is 1.30. The van der Waals surface area contributed by atoms with Crippen LogP contribution < -0.4 is 10.1 Å². The highest BCUT2D eigenvalue weighted by Gasteiger charge is 2.19. The summed E-state index contributed by atoms with van der Waals surface area (Å²) in [5, 5.41) is 10.9. The third-order valence-corrected chi connectivity index (χ3v) is 4.59. The number of aromatic nitrogens is 2. The highest BCUT2D eigenvalue weighted by Crippen LogP contribution is 2.15. The van der Waals surface area contributed by atoms with Crippen molar-refractivity contribution in [1.82, 2.24) is 20.0 Å². The molecule has 7 nitrogen and oxygen atoms in total. The van der Waals surface area contributed by atoms with E-state index in [2.05, 4.69) is 37.4 Å². The van der Waals surface area contributed by atoms with Gasteiger partial charge in [-0.3, -0.25) is 19.9 Å². The van der Waals surface area contributed by atoms with Gasteiger partial charge in [-0.1, -0.05) is 23.5 Å². The van der Waals surface area contributed by atoms with Gasteiger partial charge in [-0.15, -0.1) is 10.2 Å². The number of nitrogens with one attached hydrogen (secondary N) is 1. The number of amides is 1. The first kappa shape index (κ1) is 16.8. The van der Waals surface area contributed by atoms with E-state index in [1.54, 1.807) is 12.6 Å². The van der Waals surface area contributed by atoms with Crippen molar-refractivity contribution in [3.05, 3.63) is 35.3 Å². The molecule has 24 heavy (non-hydrogen) atoms. The minimum atomic E-state index is -0.0343. The Balaban J connectivity index is 1.42. The van der Waals surface area contributed by atoms with Gasteiger partial charge in [0.15, 0.2) is 0 Å². The topological polar surface area (TPSA) is 70.6 Å². The van der Waals surface area contributed by atoms with Gasteiger partial charge < -0.3 is 4.74 Å². The number of carbonyl (C=O) groups excluding carboxylic acids is 1. The van der Waals surface area contributed by atoms with Gasteiger partial charge in [0.1, 0.15) is 11.3 Å². The Kier molecular flexibility index (Phi) is 5.73. The molecule has 0 aliphatic carbocycles. The van der Waals surface area contributed by atoms with Crippen molar-refractivity contribution >= 4 is 22.4 Å². The molecule has 1 aromatic heterocycles. The van der Waals surface area contributed by atoms with Crippen LogP contribution in [0, 0.1) is 0 Å². The first-order valence-corrected chi connectivity index (χ1v) is 8.74. The van der Waals surface area contributed by atoms with Gasteiger partial charge in [-0.2, -0.15) is 0 Å². The lowest BCUT2D eigenvalue weighted by Crippen LogP contribution is -2.48. The number of ether oxygens (including phenoxy) is 1. The first-order chi connectivity index (χ1) is 11.7. The van der Waals surface area contributed by atoms with Gasteiger partial charge in [0.05, 0.1) is 13.7 Å². The van der Waals surface area contributed by atoms with Gasteiger partial charge >= 0.3 is 0 Å². The fourth-order valence-electron chi connectivity index (χ4n) is 2.72. The van der Waals surface area contributed by atoms with E-state index in [-0.39, 0.29) is 5.91 Å². The second-order valence-electron chi connectivity index (χ2n) is 5.70. The lowest BCUT2D eigenvalue weighted by atomic mass is 10.2. The van der Waals surface area contributed by atoms with E-state index in [1.165, 1.54) is 16.9 Å². The fraction of sp³-hybridized carbons (Fsp3) is 0.438. The zero-order valence-electron chi connectivity index (χ0n) is 13.6. The molecular weight excluding hydrogens is 326 g/mol. The number of piperazine rings is 1. The van der Waals surface area contributed by atoms with Crippen LogP contribution in [0.4, 0.5) is 5.13 Å². The third-order valence-electron chi connectivity index (χ3n) is 3.98. The van der Waals surface area contributed by atoms with Crippen LogP contribution in [0.15, 0.2) is 29.8 Å². The summed E-state index contributed by atoms with van der Waals surface area (Å²) in [7, 11) is 1.69. The summed E-state index contributed by atoms with van der Waals surface area (Å²) < 4.78 is 5.27. The predicted molar refractivity (Wildman–Crippen MR) is 93.2 cm³/mol. The Hall–Kier alpha value is -2.03. The van der Waals surface area contributed by atoms with Crippen molar-refractivity contribution in [2.75, 3.05) is 45.2 Å². The third kappa shape index (κ3) is 4.73. The number of methoxy groups -OCH3 is 1. The smallest absolute Gasteiger partial charge is 0.240 e. The molecule has 1 aromatic carbocycles. The van der Waals surface area contributed by atoms with Crippen molar-refractivity contribution < 1.29 is 9.53 Å². The molecule has 0 bridgehead atoms. The summed E-state index contributed by atoms with van der Waals surface area (Å²) in [6.45, 7) is 4.96. The average Bonchev–Trinajstić information content (AvgIpc) is 3.09. The Labute approximate surface area is 145 Å². The number of nitrogens with zero attached hydrogens (tertiary/aromatic N) is 4. The maximum atomic E-state index is 12.0. The highest BCUT2D eigenvalue weighted by molar-refractivity contribution is 7.13. The molecule has 0 saturated carbocycles. The molecule has 1 saturated heterocycles. The fourth-order valence-corrected chi connectivity index (χ4v) is 3.19. The normalized spacial score (nSPS) is 16.0. The molecular formula is C16H21N5O2S. The lowest BCUT2D eigenvalue weighted by Gasteiger charge is -2.34. The molecule has 1 fully saturated rings. The quantitative estimate of drug-likeness (QED) is 0.849. The number of benzene rings is 1. The maximum Gasteiger partial charge on any atom is 0.240 e. The average molecular weight is 347 g/mol. The maximum absolute atomic E-state index is 12.0. The van der Waals surface area contributed by atoms with Crippen LogP contribution in [-0.4, -0.2) is 65.7 Å². The van der Waals surface area contributed by atoms with Crippen molar-refractivity contribution in [2.24, 2.45) is 0 Å². The van der Waals surface area contributed by atoms with Crippen molar-refractivity contribution in [3.63, 3.8) is 0 Å². The summed E-state index contributed by atoms with van der Waals surface area (Å²) in [5.41, 5.74) is 2.85. The van der Waals surface area contributed by atoms with E-state index in [0.29, 0.717) is 11.7 Å². The van der Waals surface area contributed by atoms with Crippen molar-refractivity contribution in [3.8, 4) is 5.75 Å². The molecule has 1 N–H and O–H groups in total. The second-order valence-corrected chi connectivity index (χ2v) is 6.53. The largest absolute Gasteiger partial charge is 0.497 e. The summed E-state index contributed by atoms with van der Waals surface area (Å²) in [6.07, 6.45) is 0. The molecule has 8 heteroatoms. The molecule has 2 aromatic rings. The van der Waals surface area contributed by atoms with Crippen LogP contribution in [0.2, 0.25) is 0 Å². The lowest BCUT2D eigenvalue weighted by molar-refractivity contribution is -0.117. The molecule has 0 radical (unpaired) electrons. The number of hydrogen-bond donors (Lipinski definition) is 1. The second kappa shape index (κ2) is 8.18. The molecule has 0 atom stereocenters. The molecule has 0 spiro atoms. The molecule has 128 valence electrons. The Morgan fingerprint density at radius 2 is 2.08 bits per heavy atom. The SMILES string of the molecule is COc1cccc(CN2CCN(CC(=O)Nc3nncs3)CC2)c1.